The first-order valence-corrected chi connectivity index (χ1v) is 3.96. The number of nitrogens with one attached hydrogen (secondary N) is 1. The van der Waals surface area contributed by atoms with Crippen molar-refractivity contribution >= 4 is 11.9 Å². The molecule has 0 amide bonds. The van der Waals surface area contributed by atoms with E-state index in [0.29, 0.717) is 5.92 Å². The summed E-state index contributed by atoms with van der Waals surface area (Å²) in [5.41, 5.74) is 3.75. The van der Waals surface area contributed by atoms with Gasteiger partial charge in [0.25, 0.3) is 0 Å². The van der Waals surface area contributed by atoms with Gasteiger partial charge in [-0.1, -0.05) is 13.8 Å². The molecule has 0 atom stereocenters. The Balaban J connectivity index is 4.11. The summed E-state index contributed by atoms with van der Waals surface area (Å²) >= 11 is 0. The maximum absolute atomic E-state index is 4.12. The molecule has 0 saturated heterocycles. The van der Waals surface area contributed by atoms with E-state index in [-0.39, 0.29) is 0 Å². The molecule has 0 spiro atoms. The molecule has 0 fully saturated rings. The summed E-state index contributed by atoms with van der Waals surface area (Å²) in [6.45, 7) is 7.01. The largest absolute Gasteiger partial charge is 0.313 e. The molecule has 0 heterocycles. The molecule has 64 valence electrons. The van der Waals surface area contributed by atoms with Crippen molar-refractivity contribution in [1.82, 2.24) is 5.43 Å². The van der Waals surface area contributed by atoms with E-state index in [9.17, 15) is 0 Å². The molecule has 0 radical (unpaired) electrons. The van der Waals surface area contributed by atoms with Crippen LogP contribution in [0.2, 0.25) is 0 Å². The maximum Gasteiger partial charge on any atom is 0.0805 e. The minimum Gasteiger partial charge on any atom is -0.313 e. The van der Waals surface area contributed by atoms with E-state index in [0.717, 1.165) is 12.3 Å². The molecule has 0 aromatic carbocycles. The Kier molecular flexibility index (Phi) is 5.43. The second kappa shape index (κ2) is 5.89. The summed E-state index contributed by atoms with van der Waals surface area (Å²) in [7, 11) is 1.79. The Hall–Kier alpha value is -0.860. The van der Waals surface area contributed by atoms with Crippen LogP contribution in [-0.4, -0.2) is 25.5 Å². The lowest BCUT2D eigenvalue weighted by Crippen LogP contribution is -2.13. The molecule has 11 heavy (non-hydrogen) atoms. The summed E-state index contributed by atoms with van der Waals surface area (Å²) < 4.78 is 0. The highest BCUT2D eigenvalue weighted by atomic mass is 15.3. The molecule has 0 aliphatic carbocycles. The normalized spacial score (nSPS) is 13.0. The zero-order valence-electron chi connectivity index (χ0n) is 7.76. The van der Waals surface area contributed by atoms with Crippen molar-refractivity contribution in [3.8, 4) is 0 Å². The molecule has 0 bridgehead atoms. The lowest BCUT2D eigenvalue weighted by Gasteiger charge is -2.02. The van der Waals surface area contributed by atoms with E-state index in [2.05, 4.69) is 29.4 Å². The van der Waals surface area contributed by atoms with Gasteiger partial charge in [0.05, 0.1) is 5.71 Å². The second-order valence-electron chi connectivity index (χ2n) is 2.54. The number of hydrogen-bond donors (Lipinski definition) is 1. The Labute approximate surface area is 68.6 Å². The molecule has 3 heteroatoms. The van der Waals surface area contributed by atoms with Gasteiger partial charge in [-0.15, -0.1) is 0 Å². The quantitative estimate of drug-likeness (QED) is 0.482. The fraction of sp³-hybridized carbons (Fsp3) is 0.750. The highest BCUT2D eigenvalue weighted by Gasteiger charge is 1.99. The minimum atomic E-state index is 0.428. The van der Waals surface area contributed by atoms with E-state index in [4.69, 9.17) is 0 Å². The average molecular weight is 155 g/mol. The number of hydrazone groups is 1. The van der Waals surface area contributed by atoms with Crippen LogP contribution in [0.4, 0.5) is 0 Å². The van der Waals surface area contributed by atoms with Crippen molar-refractivity contribution in [2.75, 3.05) is 13.6 Å². The zero-order chi connectivity index (χ0) is 8.69. The van der Waals surface area contributed by atoms with Gasteiger partial charge in [0, 0.05) is 19.8 Å². The van der Waals surface area contributed by atoms with Crippen molar-refractivity contribution in [3.05, 3.63) is 0 Å². The van der Waals surface area contributed by atoms with Crippen molar-refractivity contribution in [2.24, 2.45) is 16.0 Å². The van der Waals surface area contributed by atoms with Crippen molar-refractivity contribution < 1.29 is 0 Å². The summed E-state index contributed by atoms with van der Waals surface area (Å²) in [6, 6.07) is 0. The average Bonchev–Trinajstić information content (AvgIpc) is 1.97. The second-order valence-corrected chi connectivity index (χ2v) is 2.54. The summed E-state index contributed by atoms with van der Waals surface area (Å²) in [5.74, 6) is 0.428. The molecular formula is C8H17N3. The third-order valence-corrected chi connectivity index (χ3v) is 1.24. The van der Waals surface area contributed by atoms with Gasteiger partial charge in [-0.25, -0.2) is 0 Å². The molecule has 3 nitrogen and oxygen atoms in total. The Morgan fingerprint density at radius 3 is 2.55 bits per heavy atom. The monoisotopic (exact) mass is 155 g/mol. The van der Waals surface area contributed by atoms with Gasteiger partial charge in [-0.05, 0) is 12.8 Å². The van der Waals surface area contributed by atoms with Gasteiger partial charge in [-0.3, -0.25) is 4.99 Å². The van der Waals surface area contributed by atoms with Gasteiger partial charge in [0.2, 0.25) is 0 Å². The Morgan fingerprint density at radius 1 is 1.55 bits per heavy atom. The smallest absolute Gasteiger partial charge is 0.0805 e. The SMILES string of the molecule is CCN=CC(=NNC)C(C)C. The number of aliphatic imine (C=N–C) groups is 1. The predicted molar refractivity (Wildman–Crippen MR) is 50.4 cm³/mol. The topological polar surface area (TPSA) is 36.8 Å². The van der Waals surface area contributed by atoms with Crippen LogP contribution in [0.15, 0.2) is 10.1 Å². The fourth-order valence-electron chi connectivity index (χ4n) is 0.621. The van der Waals surface area contributed by atoms with Crippen molar-refractivity contribution in [3.63, 3.8) is 0 Å². The molecule has 1 N–H and O–H groups in total. The number of hydrogen-bond acceptors (Lipinski definition) is 3. The van der Waals surface area contributed by atoms with Crippen molar-refractivity contribution in [2.45, 2.75) is 20.8 Å². The predicted octanol–water partition coefficient (Wildman–Crippen LogP) is 1.31. The standard InChI is InChI=1S/C8H17N3/c1-5-10-6-8(7(2)3)11-9-4/h6-7,9H,5H2,1-4H3. The van der Waals surface area contributed by atoms with E-state index in [1.165, 1.54) is 0 Å². The van der Waals surface area contributed by atoms with E-state index in [1.807, 2.05) is 13.1 Å². The minimum absolute atomic E-state index is 0.428. The van der Waals surface area contributed by atoms with Crippen molar-refractivity contribution in [1.29, 1.82) is 0 Å². The molecule has 0 aliphatic heterocycles. The third-order valence-electron chi connectivity index (χ3n) is 1.24. The Morgan fingerprint density at radius 2 is 2.18 bits per heavy atom. The lowest BCUT2D eigenvalue weighted by atomic mass is 10.1. The zero-order valence-corrected chi connectivity index (χ0v) is 7.76. The van der Waals surface area contributed by atoms with Gasteiger partial charge in [-0.2, -0.15) is 5.10 Å². The van der Waals surface area contributed by atoms with Crippen LogP contribution in [0.1, 0.15) is 20.8 Å². The molecule has 0 aromatic heterocycles. The van der Waals surface area contributed by atoms with Crippen LogP contribution < -0.4 is 5.43 Å². The van der Waals surface area contributed by atoms with Gasteiger partial charge in [0.15, 0.2) is 0 Å². The van der Waals surface area contributed by atoms with Crippen LogP contribution in [0, 0.1) is 5.92 Å². The fourth-order valence-corrected chi connectivity index (χ4v) is 0.621. The first-order chi connectivity index (χ1) is 5.22. The molecule has 0 unspecified atom stereocenters. The van der Waals surface area contributed by atoms with Gasteiger partial charge in [0.1, 0.15) is 0 Å². The number of rotatable bonds is 4. The summed E-state index contributed by atoms with van der Waals surface area (Å²) in [4.78, 5) is 4.12. The molecule has 0 aliphatic rings. The Bertz CT molecular complexity index is 147. The van der Waals surface area contributed by atoms with Gasteiger partial charge >= 0.3 is 0 Å². The molecule has 0 rings (SSSR count). The first-order valence-electron chi connectivity index (χ1n) is 3.96. The van der Waals surface area contributed by atoms with Crippen LogP contribution in [0.5, 0.6) is 0 Å². The molecule has 0 saturated carbocycles. The van der Waals surface area contributed by atoms with Crippen LogP contribution in [0.3, 0.4) is 0 Å². The van der Waals surface area contributed by atoms with Crippen LogP contribution in [0.25, 0.3) is 0 Å². The van der Waals surface area contributed by atoms with Gasteiger partial charge < -0.3 is 5.43 Å². The van der Waals surface area contributed by atoms with E-state index < -0.39 is 0 Å². The highest BCUT2D eigenvalue weighted by Crippen LogP contribution is 1.93. The molecular weight excluding hydrogens is 138 g/mol. The number of nitrogens with zero attached hydrogens (tertiary/aromatic N) is 2. The lowest BCUT2D eigenvalue weighted by molar-refractivity contribution is 0.837. The highest BCUT2D eigenvalue weighted by molar-refractivity contribution is 6.31. The third kappa shape index (κ3) is 4.53. The van der Waals surface area contributed by atoms with E-state index in [1.54, 1.807) is 7.05 Å². The van der Waals surface area contributed by atoms with Crippen LogP contribution in [-0.2, 0) is 0 Å². The first kappa shape index (κ1) is 10.1. The summed E-state index contributed by atoms with van der Waals surface area (Å²) in [6.07, 6.45) is 1.82. The summed E-state index contributed by atoms with van der Waals surface area (Å²) in [5, 5.41) is 4.08. The maximum atomic E-state index is 4.12. The van der Waals surface area contributed by atoms with Crippen LogP contribution >= 0.6 is 0 Å². The molecule has 0 aromatic rings. The van der Waals surface area contributed by atoms with E-state index >= 15 is 0 Å².